The summed E-state index contributed by atoms with van der Waals surface area (Å²) < 4.78 is 8.84. The van der Waals surface area contributed by atoms with Gasteiger partial charge in [0.05, 0.1) is 11.0 Å². The van der Waals surface area contributed by atoms with E-state index < -0.39 is 0 Å². The van der Waals surface area contributed by atoms with Gasteiger partial charge in [0.2, 0.25) is 0 Å². The van der Waals surface area contributed by atoms with Crippen LogP contribution in [0.4, 0.5) is 0 Å². The van der Waals surface area contributed by atoms with Crippen molar-refractivity contribution in [2.24, 2.45) is 0 Å². The van der Waals surface area contributed by atoms with Crippen LogP contribution in [-0.4, -0.2) is 4.57 Å². The van der Waals surface area contributed by atoms with Crippen molar-refractivity contribution in [1.82, 2.24) is 4.57 Å². The largest absolute Gasteiger partial charge is 0.456 e. The number of hydrogen-bond acceptors (Lipinski definition) is 1. The van der Waals surface area contributed by atoms with Crippen molar-refractivity contribution in [3.05, 3.63) is 211 Å². The highest BCUT2D eigenvalue weighted by Gasteiger charge is 2.15. The highest BCUT2D eigenvalue weighted by Crippen LogP contribution is 2.38. The molecule has 55 heavy (non-hydrogen) atoms. The molecule has 0 bridgehead atoms. The fourth-order valence-electron chi connectivity index (χ4n) is 8.52. The summed E-state index contributed by atoms with van der Waals surface area (Å²) in [5, 5.41) is 7.39. The lowest BCUT2D eigenvalue weighted by atomic mass is 9.96. The maximum atomic E-state index is 6.48. The average Bonchev–Trinajstić information content (AvgIpc) is 3.81. The van der Waals surface area contributed by atoms with Gasteiger partial charge in [-0.15, -0.1) is 0 Å². The van der Waals surface area contributed by atoms with E-state index in [4.69, 9.17) is 4.42 Å². The van der Waals surface area contributed by atoms with Gasteiger partial charge in [-0.2, -0.15) is 0 Å². The second-order valence-corrected chi connectivity index (χ2v) is 14.5. The Balaban J connectivity index is 0.830. The molecule has 0 N–H and O–H groups in total. The van der Waals surface area contributed by atoms with Crippen LogP contribution >= 0.6 is 0 Å². The van der Waals surface area contributed by atoms with Gasteiger partial charge in [0, 0.05) is 33.7 Å². The summed E-state index contributed by atoms with van der Waals surface area (Å²) in [6.45, 7) is 0. The van der Waals surface area contributed by atoms with E-state index >= 15 is 0 Å². The molecule has 0 radical (unpaired) electrons. The van der Waals surface area contributed by atoms with Crippen LogP contribution in [0.2, 0.25) is 0 Å². The molecule has 11 aromatic rings. The first-order valence-electron chi connectivity index (χ1n) is 19.0. The first-order chi connectivity index (χ1) is 27.2. The Hall–Kier alpha value is -7.16. The Morgan fingerprint density at radius 1 is 0.382 bits per heavy atom. The van der Waals surface area contributed by atoms with Crippen LogP contribution in [0.5, 0.6) is 0 Å². The lowest BCUT2D eigenvalue weighted by Crippen LogP contribution is -1.92. The monoisotopic (exact) mass is 701 g/mol. The molecule has 0 saturated heterocycles. The highest BCUT2D eigenvalue weighted by atomic mass is 16.3. The van der Waals surface area contributed by atoms with E-state index in [0.29, 0.717) is 0 Å². The summed E-state index contributed by atoms with van der Waals surface area (Å²) in [6.07, 6.45) is 0.815. The molecule has 0 fully saturated rings. The molecule has 0 aliphatic carbocycles. The van der Waals surface area contributed by atoms with Crippen molar-refractivity contribution in [2.45, 2.75) is 6.42 Å². The van der Waals surface area contributed by atoms with E-state index in [9.17, 15) is 0 Å². The molecule has 0 unspecified atom stereocenters. The number of nitrogens with zero attached hydrogens (tertiary/aromatic N) is 1. The Bertz CT molecular complexity index is 3180. The molecule has 2 heteroatoms. The summed E-state index contributed by atoms with van der Waals surface area (Å²) in [4.78, 5) is 0. The Morgan fingerprint density at radius 2 is 0.945 bits per heavy atom. The molecular formula is C53H35NO. The van der Waals surface area contributed by atoms with Gasteiger partial charge < -0.3 is 8.98 Å². The number of fused-ring (bicyclic) bond motifs is 8. The molecule has 0 amide bonds. The smallest absolute Gasteiger partial charge is 0.138 e. The fourth-order valence-corrected chi connectivity index (χ4v) is 8.52. The molecule has 2 nitrogen and oxygen atoms in total. The quantitative estimate of drug-likeness (QED) is 0.169. The van der Waals surface area contributed by atoms with Crippen molar-refractivity contribution in [1.29, 1.82) is 0 Å². The third-order valence-corrected chi connectivity index (χ3v) is 11.3. The van der Waals surface area contributed by atoms with E-state index in [1.807, 2.05) is 0 Å². The van der Waals surface area contributed by atoms with Crippen molar-refractivity contribution < 1.29 is 4.42 Å². The van der Waals surface area contributed by atoms with Crippen molar-refractivity contribution in [2.75, 3.05) is 0 Å². The lowest BCUT2D eigenvalue weighted by Gasteiger charge is -2.09. The standard InChI is InChI=1S/C53H35NO/c1-2-11-44(12-3-1)54-49-16-7-6-14-46(49)48-34-42(29-31-50(48)54)40-27-25-39(26-28-40)38-23-21-37(22-24-38)36-19-17-35(18-20-36)33-43-10-8-15-47-52-45-13-5-4-9-41(45)30-32-51(52)55-53(43)47/h1-32,34H,33H2. The topological polar surface area (TPSA) is 18.1 Å². The zero-order valence-corrected chi connectivity index (χ0v) is 30.1. The summed E-state index contributed by atoms with van der Waals surface area (Å²) in [6, 6.07) is 72.3. The molecule has 0 aliphatic rings. The van der Waals surface area contributed by atoms with Gasteiger partial charge in [0.15, 0.2) is 0 Å². The van der Waals surface area contributed by atoms with E-state index in [2.05, 4.69) is 205 Å². The van der Waals surface area contributed by atoms with Gasteiger partial charge >= 0.3 is 0 Å². The minimum atomic E-state index is 0.815. The van der Waals surface area contributed by atoms with Crippen LogP contribution in [0.1, 0.15) is 11.1 Å². The van der Waals surface area contributed by atoms with E-state index in [-0.39, 0.29) is 0 Å². The molecule has 0 aliphatic heterocycles. The van der Waals surface area contributed by atoms with Gasteiger partial charge in [0.25, 0.3) is 0 Å². The van der Waals surface area contributed by atoms with Gasteiger partial charge in [0.1, 0.15) is 11.2 Å². The Morgan fingerprint density at radius 3 is 1.67 bits per heavy atom. The third-order valence-electron chi connectivity index (χ3n) is 11.3. The van der Waals surface area contributed by atoms with Gasteiger partial charge in [-0.3, -0.25) is 0 Å². The Labute approximate surface area is 319 Å². The van der Waals surface area contributed by atoms with Crippen LogP contribution in [-0.2, 0) is 6.42 Å². The predicted molar refractivity (Wildman–Crippen MR) is 231 cm³/mol. The Kier molecular flexibility index (Phi) is 7.28. The molecule has 11 rings (SSSR count). The molecule has 0 saturated carbocycles. The van der Waals surface area contributed by atoms with Crippen molar-refractivity contribution in [3.63, 3.8) is 0 Å². The number of benzene rings is 9. The number of rotatable bonds is 6. The molecular weight excluding hydrogens is 667 g/mol. The number of aromatic nitrogens is 1. The highest BCUT2D eigenvalue weighted by molar-refractivity contribution is 6.19. The third kappa shape index (κ3) is 5.34. The first kappa shape index (κ1) is 31.4. The zero-order valence-electron chi connectivity index (χ0n) is 30.1. The van der Waals surface area contributed by atoms with Crippen molar-refractivity contribution in [3.8, 4) is 39.1 Å². The molecule has 0 spiro atoms. The molecule has 0 atom stereocenters. The molecule has 9 aromatic carbocycles. The van der Waals surface area contributed by atoms with Crippen LogP contribution in [0, 0.1) is 0 Å². The summed E-state index contributed by atoms with van der Waals surface area (Å²) in [5.41, 5.74) is 15.3. The molecule has 2 aromatic heterocycles. The predicted octanol–water partition coefficient (Wildman–Crippen LogP) is 14.4. The van der Waals surface area contributed by atoms with E-state index in [1.54, 1.807) is 0 Å². The number of hydrogen-bond donors (Lipinski definition) is 0. The number of furan rings is 1. The number of para-hydroxylation sites is 3. The SMILES string of the molecule is c1ccc(-n2c3ccccc3c3cc(-c4ccc(-c5ccc(-c6ccc(Cc7cccc8c7oc7ccc9ccccc9c78)cc6)cc5)cc4)ccc32)cc1. The van der Waals surface area contributed by atoms with E-state index in [1.165, 1.54) is 93.5 Å². The molecule has 258 valence electrons. The molecule has 2 heterocycles. The minimum Gasteiger partial charge on any atom is -0.456 e. The van der Waals surface area contributed by atoms with E-state index in [0.717, 1.165) is 17.6 Å². The second-order valence-electron chi connectivity index (χ2n) is 14.5. The van der Waals surface area contributed by atoms with Crippen LogP contribution in [0.15, 0.2) is 205 Å². The summed E-state index contributed by atoms with van der Waals surface area (Å²) >= 11 is 0. The minimum absolute atomic E-state index is 0.815. The summed E-state index contributed by atoms with van der Waals surface area (Å²) in [5.74, 6) is 0. The fraction of sp³-hybridized carbons (Fsp3) is 0.0189. The van der Waals surface area contributed by atoms with Crippen molar-refractivity contribution >= 4 is 54.5 Å². The van der Waals surface area contributed by atoms with Gasteiger partial charge in [-0.05, 0) is 91.7 Å². The van der Waals surface area contributed by atoms with Gasteiger partial charge in [-0.1, -0.05) is 164 Å². The summed E-state index contributed by atoms with van der Waals surface area (Å²) in [7, 11) is 0. The van der Waals surface area contributed by atoms with Crippen LogP contribution < -0.4 is 0 Å². The maximum absolute atomic E-state index is 6.48. The average molecular weight is 702 g/mol. The maximum Gasteiger partial charge on any atom is 0.138 e. The lowest BCUT2D eigenvalue weighted by molar-refractivity contribution is 0.664. The van der Waals surface area contributed by atoms with Gasteiger partial charge in [-0.25, -0.2) is 0 Å². The normalized spacial score (nSPS) is 11.7. The second kappa shape index (κ2) is 12.8. The van der Waals surface area contributed by atoms with Crippen LogP contribution in [0.25, 0.3) is 93.6 Å². The van der Waals surface area contributed by atoms with Crippen LogP contribution in [0.3, 0.4) is 0 Å². The zero-order chi connectivity index (χ0) is 36.3. The first-order valence-corrected chi connectivity index (χ1v) is 19.0.